The highest BCUT2D eigenvalue weighted by Crippen LogP contribution is 2.32. The molecule has 0 spiro atoms. The lowest BCUT2D eigenvalue weighted by molar-refractivity contribution is -0.118. The molecule has 0 bridgehead atoms. The summed E-state index contributed by atoms with van der Waals surface area (Å²) in [6.45, 7) is 4.53. The minimum Gasteiger partial charge on any atom is -0.490 e. The number of carbonyl (C=O) groups is 1. The van der Waals surface area contributed by atoms with Crippen LogP contribution in [0.25, 0.3) is 10.6 Å². The zero-order chi connectivity index (χ0) is 23.4. The lowest BCUT2D eigenvalue weighted by Crippen LogP contribution is -2.47. The molecular weight excluding hydrogens is 462 g/mol. The third kappa shape index (κ3) is 5.52. The topological polar surface area (TPSA) is 107 Å². The molecule has 0 saturated heterocycles. The van der Waals surface area contributed by atoms with Gasteiger partial charge in [-0.05, 0) is 42.3 Å². The van der Waals surface area contributed by atoms with Gasteiger partial charge in [0.1, 0.15) is 11.0 Å². The number of hydrogen-bond acceptors (Lipinski definition) is 7. The standard InChI is InChI=1S/C23H25N3O5S2/c1-15(2)21(22(27)25-17-6-4-16(5-7-17)23-24-10-13-32-23)26-33(28,29)18-8-9-19-20(14-18)31-12-3-11-30-19/h4-10,13-15,21,26H,3,11-12H2,1-2H3,(H,25,27). The molecule has 4 rings (SSSR count). The number of carbonyl (C=O) groups excluding carboxylic acids is 1. The highest BCUT2D eigenvalue weighted by Gasteiger charge is 2.29. The monoisotopic (exact) mass is 487 g/mol. The molecule has 1 aliphatic heterocycles. The number of hydrogen-bond donors (Lipinski definition) is 2. The first-order chi connectivity index (χ1) is 15.8. The van der Waals surface area contributed by atoms with Crippen LogP contribution in [0.1, 0.15) is 20.3 Å². The van der Waals surface area contributed by atoms with Crippen molar-refractivity contribution in [1.29, 1.82) is 0 Å². The molecule has 1 aromatic heterocycles. The predicted octanol–water partition coefficient (Wildman–Crippen LogP) is 3.91. The Hall–Kier alpha value is -2.95. The number of amides is 1. The van der Waals surface area contributed by atoms with Crippen LogP contribution in [0.3, 0.4) is 0 Å². The van der Waals surface area contributed by atoms with Crippen LogP contribution in [-0.4, -0.2) is 38.6 Å². The largest absolute Gasteiger partial charge is 0.490 e. The fraction of sp³-hybridized carbons (Fsp3) is 0.304. The molecule has 33 heavy (non-hydrogen) atoms. The van der Waals surface area contributed by atoms with E-state index < -0.39 is 22.0 Å². The molecule has 10 heteroatoms. The highest BCUT2D eigenvalue weighted by molar-refractivity contribution is 7.89. The summed E-state index contributed by atoms with van der Waals surface area (Å²) >= 11 is 1.53. The lowest BCUT2D eigenvalue weighted by Gasteiger charge is -2.22. The van der Waals surface area contributed by atoms with Crippen LogP contribution >= 0.6 is 11.3 Å². The normalized spacial score (nSPS) is 14.5. The number of anilines is 1. The summed E-state index contributed by atoms with van der Waals surface area (Å²) in [5.74, 6) is 0.159. The Morgan fingerprint density at radius 1 is 1.06 bits per heavy atom. The summed E-state index contributed by atoms with van der Waals surface area (Å²) in [5.41, 5.74) is 1.51. The molecule has 3 aromatic rings. The van der Waals surface area contributed by atoms with Crippen molar-refractivity contribution >= 4 is 33.0 Å². The molecule has 2 aromatic carbocycles. The molecule has 1 unspecified atom stereocenters. The zero-order valence-electron chi connectivity index (χ0n) is 18.3. The van der Waals surface area contributed by atoms with E-state index in [9.17, 15) is 13.2 Å². The summed E-state index contributed by atoms with van der Waals surface area (Å²) in [6, 6.07) is 10.7. The van der Waals surface area contributed by atoms with E-state index >= 15 is 0 Å². The SMILES string of the molecule is CC(C)C(NS(=O)(=O)c1ccc2c(c1)OCCCO2)C(=O)Nc1ccc(-c2nccs2)cc1. The number of aromatic nitrogens is 1. The quantitative estimate of drug-likeness (QED) is 0.523. The van der Waals surface area contributed by atoms with Crippen molar-refractivity contribution in [1.82, 2.24) is 9.71 Å². The van der Waals surface area contributed by atoms with Crippen molar-refractivity contribution in [2.75, 3.05) is 18.5 Å². The molecule has 0 fully saturated rings. The summed E-state index contributed by atoms with van der Waals surface area (Å²) < 4.78 is 39.8. The van der Waals surface area contributed by atoms with Gasteiger partial charge in [0.25, 0.3) is 0 Å². The number of thiazole rings is 1. The van der Waals surface area contributed by atoms with Gasteiger partial charge in [-0.1, -0.05) is 13.8 Å². The predicted molar refractivity (Wildman–Crippen MR) is 127 cm³/mol. The van der Waals surface area contributed by atoms with Crippen LogP contribution in [0.4, 0.5) is 5.69 Å². The second-order valence-corrected chi connectivity index (χ2v) is 10.5. The van der Waals surface area contributed by atoms with Crippen molar-refractivity contribution in [3.05, 3.63) is 54.0 Å². The average molecular weight is 488 g/mol. The first-order valence-electron chi connectivity index (χ1n) is 10.6. The minimum atomic E-state index is -3.98. The Bertz CT molecular complexity index is 1210. The Kier molecular flexibility index (Phi) is 6.96. The van der Waals surface area contributed by atoms with Crippen molar-refractivity contribution in [2.45, 2.75) is 31.2 Å². The van der Waals surface area contributed by atoms with E-state index in [2.05, 4.69) is 15.0 Å². The maximum atomic E-state index is 13.1. The fourth-order valence-electron chi connectivity index (χ4n) is 3.32. The van der Waals surface area contributed by atoms with E-state index in [0.717, 1.165) is 17.0 Å². The van der Waals surface area contributed by atoms with Gasteiger partial charge >= 0.3 is 0 Å². The zero-order valence-corrected chi connectivity index (χ0v) is 19.9. The Morgan fingerprint density at radius 3 is 2.45 bits per heavy atom. The lowest BCUT2D eigenvalue weighted by atomic mass is 10.0. The van der Waals surface area contributed by atoms with E-state index in [1.807, 2.05) is 17.5 Å². The molecule has 2 N–H and O–H groups in total. The number of nitrogens with zero attached hydrogens (tertiary/aromatic N) is 1. The van der Waals surface area contributed by atoms with Gasteiger partial charge in [-0.2, -0.15) is 4.72 Å². The van der Waals surface area contributed by atoms with Crippen LogP contribution in [-0.2, 0) is 14.8 Å². The first-order valence-corrected chi connectivity index (χ1v) is 12.9. The Balaban J connectivity index is 1.48. The number of rotatable bonds is 7. The Morgan fingerprint density at radius 2 is 1.79 bits per heavy atom. The molecule has 0 aliphatic carbocycles. The van der Waals surface area contributed by atoms with Crippen molar-refractivity contribution in [2.24, 2.45) is 5.92 Å². The maximum absolute atomic E-state index is 13.1. The molecule has 0 radical (unpaired) electrons. The van der Waals surface area contributed by atoms with Gasteiger partial charge in [0.15, 0.2) is 11.5 Å². The number of fused-ring (bicyclic) bond motifs is 1. The second-order valence-electron chi connectivity index (χ2n) is 7.91. The van der Waals surface area contributed by atoms with Gasteiger partial charge in [-0.3, -0.25) is 4.79 Å². The van der Waals surface area contributed by atoms with E-state index in [4.69, 9.17) is 9.47 Å². The van der Waals surface area contributed by atoms with Crippen molar-refractivity contribution < 1.29 is 22.7 Å². The third-order valence-electron chi connectivity index (χ3n) is 5.09. The van der Waals surface area contributed by atoms with Gasteiger partial charge < -0.3 is 14.8 Å². The number of nitrogens with one attached hydrogen (secondary N) is 2. The summed E-state index contributed by atoms with van der Waals surface area (Å²) in [4.78, 5) is 17.2. The van der Waals surface area contributed by atoms with Crippen LogP contribution in [0.2, 0.25) is 0 Å². The van der Waals surface area contributed by atoms with Crippen LogP contribution in [0.5, 0.6) is 11.5 Å². The Labute approximate surface area is 197 Å². The average Bonchev–Trinajstić information content (AvgIpc) is 3.23. The maximum Gasteiger partial charge on any atom is 0.242 e. The van der Waals surface area contributed by atoms with Crippen molar-refractivity contribution in [3.8, 4) is 22.1 Å². The van der Waals surface area contributed by atoms with E-state index in [-0.39, 0.29) is 10.8 Å². The molecule has 8 nitrogen and oxygen atoms in total. The van der Waals surface area contributed by atoms with Gasteiger partial charge in [0.05, 0.1) is 18.1 Å². The fourth-order valence-corrected chi connectivity index (χ4v) is 5.32. The van der Waals surface area contributed by atoms with Gasteiger partial charge in [-0.25, -0.2) is 13.4 Å². The summed E-state index contributed by atoms with van der Waals surface area (Å²) in [7, 11) is -3.98. The number of ether oxygens (including phenoxy) is 2. The molecule has 174 valence electrons. The number of benzene rings is 2. The molecule has 0 saturated carbocycles. The van der Waals surface area contributed by atoms with Crippen LogP contribution < -0.4 is 19.5 Å². The molecule has 1 atom stereocenters. The van der Waals surface area contributed by atoms with E-state index in [1.54, 1.807) is 38.2 Å². The first kappa shape index (κ1) is 23.2. The smallest absolute Gasteiger partial charge is 0.242 e. The van der Waals surface area contributed by atoms with Gasteiger partial charge in [-0.15, -0.1) is 11.3 Å². The van der Waals surface area contributed by atoms with Gasteiger partial charge in [0, 0.05) is 35.3 Å². The third-order valence-corrected chi connectivity index (χ3v) is 7.35. The summed E-state index contributed by atoms with van der Waals surface area (Å²) in [6.07, 6.45) is 2.45. The molecular formula is C23H25N3O5S2. The van der Waals surface area contributed by atoms with Crippen molar-refractivity contribution in [3.63, 3.8) is 0 Å². The van der Waals surface area contributed by atoms with Crippen LogP contribution in [0.15, 0.2) is 58.9 Å². The minimum absolute atomic E-state index is 0.0120. The molecule has 2 heterocycles. The second kappa shape index (κ2) is 9.90. The van der Waals surface area contributed by atoms with Crippen LogP contribution in [0, 0.1) is 5.92 Å². The summed E-state index contributed by atoms with van der Waals surface area (Å²) in [5, 5.41) is 5.58. The van der Waals surface area contributed by atoms with E-state index in [1.165, 1.54) is 23.5 Å². The highest BCUT2D eigenvalue weighted by atomic mass is 32.2. The van der Waals surface area contributed by atoms with Gasteiger partial charge in [0.2, 0.25) is 15.9 Å². The molecule has 1 amide bonds. The molecule has 1 aliphatic rings. The number of sulfonamides is 1. The van der Waals surface area contributed by atoms with E-state index in [0.29, 0.717) is 30.4 Å².